The minimum Gasteiger partial charge on any atom is -0.497 e. The number of rotatable bonds is 11. The highest BCUT2D eigenvalue weighted by Gasteiger charge is 2.23. The summed E-state index contributed by atoms with van der Waals surface area (Å²) in [5.74, 6) is 0.629. The SMILES string of the molecule is CCOC(=O)CNC(=O)N(CCC(C)C)CC(=O)Nc1cc(C(C)(C)C)nn1-c1ccc(OC)cc1. The maximum absolute atomic E-state index is 13.1. The van der Waals surface area contributed by atoms with E-state index in [-0.39, 0.29) is 31.0 Å². The molecule has 0 fully saturated rings. The van der Waals surface area contributed by atoms with Gasteiger partial charge in [0, 0.05) is 18.0 Å². The third-order valence-electron chi connectivity index (χ3n) is 5.35. The van der Waals surface area contributed by atoms with Crippen LogP contribution in [0.4, 0.5) is 10.6 Å². The van der Waals surface area contributed by atoms with Gasteiger partial charge in [-0.25, -0.2) is 9.48 Å². The highest BCUT2D eigenvalue weighted by atomic mass is 16.5. The lowest BCUT2D eigenvalue weighted by atomic mass is 9.92. The standard InChI is InChI=1S/C26H39N5O5/c1-8-36-24(33)16-27-25(34)30(14-13-18(2)3)17-23(32)28-22-15-21(26(4,5)6)29-31(22)19-9-11-20(35-7)12-10-19/h9-12,15,18H,8,13-14,16-17H2,1-7H3,(H,27,34)(H,28,32). The van der Waals surface area contributed by atoms with Crippen molar-refractivity contribution in [2.45, 2.75) is 53.4 Å². The van der Waals surface area contributed by atoms with Crippen molar-refractivity contribution in [3.8, 4) is 11.4 Å². The van der Waals surface area contributed by atoms with E-state index >= 15 is 0 Å². The van der Waals surface area contributed by atoms with Crippen molar-refractivity contribution in [1.29, 1.82) is 0 Å². The van der Waals surface area contributed by atoms with Gasteiger partial charge in [-0.2, -0.15) is 5.10 Å². The van der Waals surface area contributed by atoms with Crippen molar-refractivity contribution in [3.63, 3.8) is 0 Å². The van der Waals surface area contributed by atoms with E-state index in [0.29, 0.717) is 30.5 Å². The summed E-state index contributed by atoms with van der Waals surface area (Å²) in [5, 5.41) is 10.2. The summed E-state index contributed by atoms with van der Waals surface area (Å²) in [6.45, 7) is 12.1. The zero-order chi connectivity index (χ0) is 26.9. The first-order valence-corrected chi connectivity index (χ1v) is 12.2. The average molecular weight is 502 g/mol. The predicted molar refractivity (Wildman–Crippen MR) is 139 cm³/mol. The van der Waals surface area contributed by atoms with E-state index in [4.69, 9.17) is 14.6 Å². The molecule has 2 rings (SSSR count). The van der Waals surface area contributed by atoms with Gasteiger partial charge in [0.05, 0.1) is 25.1 Å². The molecule has 198 valence electrons. The first kappa shape index (κ1) is 28.7. The molecular weight excluding hydrogens is 462 g/mol. The zero-order valence-corrected chi connectivity index (χ0v) is 22.4. The van der Waals surface area contributed by atoms with Crippen LogP contribution in [-0.2, 0) is 19.7 Å². The quantitative estimate of drug-likeness (QED) is 0.454. The second-order valence-corrected chi connectivity index (χ2v) is 9.89. The second kappa shape index (κ2) is 12.9. The van der Waals surface area contributed by atoms with E-state index in [0.717, 1.165) is 11.4 Å². The Kier molecular flexibility index (Phi) is 10.3. The maximum Gasteiger partial charge on any atom is 0.325 e. The average Bonchev–Trinajstić information content (AvgIpc) is 3.24. The van der Waals surface area contributed by atoms with E-state index in [9.17, 15) is 14.4 Å². The van der Waals surface area contributed by atoms with Crippen LogP contribution in [-0.4, -0.2) is 65.9 Å². The van der Waals surface area contributed by atoms with Crippen LogP contribution in [0, 0.1) is 5.92 Å². The van der Waals surface area contributed by atoms with Crippen LogP contribution in [0.5, 0.6) is 5.75 Å². The molecule has 0 aliphatic carbocycles. The fraction of sp³-hybridized carbons (Fsp3) is 0.538. The number of benzene rings is 1. The Morgan fingerprint density at radius 3 is 2.36 bits per heavy atom. The smallest absolute Gasteiger partial charge is 0.325 e. The Hall–Kier alpha value is -3.56. The molecule has 0 aliphatic heterocycles. The van der Waals surface area contributed by atoms with Gasteiger partial charge in [-0.3, -0.25) is 9.59 Å². The molecule has 1 aromatic carbocycles. The molecule has 2 N–H and O–H groups in total. The number of carbonyl (C=O) groups is 3. The third kappa shape index (κ3) is 8.58. The van der Waals surface area contributed by atoms with Crippen molar-refractivity contribution in [2.24, 2.45) is 5.92 Å². The summed E-state index contributed by atoms with van der Waals surface area (Å²) < 4.78 is 11.8. The Balaban J connectivity index is 2.22. The summed E-state index contributed by atoms with van der Waals surface area (Å²) in [5.41, 5.74) is 1.32. The predicted octanol–water partition coefficient (Wildman–Crippen LogP) is 3.74. The van der Waals surface area contributed by atoms with Crippen LogP contribution in [0.15, 0.2) is 30.3 Å². The van der Waals surface area contributed by atoms with Gasteiger partial charge in [-0.05, 0) is 43.5 Å². The second-order valence-electron chi connectivity index (χ2n) is 9.89. The molecule has 10 heteroatoms. The van der Waals surface area contributed by atoms with Crippen LogP contribution in [0.3, 0.4) is 0 Å². The van der Waals surface area contributed by atoms with Gasteiger partial charge < -0.3 is 25.0 Å². The van der Waals surface area contributed by atoms with Gasteiger partial charge in [0.15, 0.2) is 0 Å². The molecular formula is C26H39N5O5. The zero-order valence-electron chi connectivity index (χ0n) is 22.4. The highest BCUT2D eigenvalue weighted by molar-refractivity contribution is 5.94. The number of ether oxygens (including phenoxy) is 2. The van der Waals surface area contributed by atoms with E-state index < -0.39 is 12.0 Å². The van der Waals surface area contributed by atoms with Crippen molar-refractivity contribution in [1.82, 2.24) is 20.0 Å². The van der Waals surface area contributed by atoms with Crippen LogP contribution in [0.1, 0.15) is 53.7 Å². The number of anilines is 1. The number of carbonyl (C=O) groups excluding carboxylic acids is 3. The molecule has 0 radical (unpaired) electrons. The number of urea groups is 1. The summed E-state index contributed by atoms with van der Waals surface area (Å²) in [6.07, 6.45) is 0.706. The van der Waals surface area contributed by atoms with Crippen LogP contribution >= 0.6 is 0 Å². The van der Waals surface area contributed by atoms with Gasteiger partial charge in [0.25, 0.3) is 0 Å². The lowest BCUT2D eigenvalue weighted by molar-refractivity contribution is -0.141. The molecule has 0 atom stereocenters. The van der Waals surface area contributed by atoms with Gasteiger partial charge in [-0.15, -0.1) is 0 Å². The minimum atomic E-state index is -0.530. The summed E-state index contributed by atoms with van der Waals surface area (Å²) in [4.78, 5) is 38.8. The Morgan fingerprint density at radius 2 is 1.81 bits per heavy atom. The van der Waals surface area contributed by atoms with E-state index in [2.05, 4.69) is 10.6 Å². The van der Waals surface area contributed by atoms with Crippen LogP contribution < -0.4 is 15.4 Å². The molecule has 0 aliphatic rings. The molecule has 0 saturated heterocycles. The number of nitrogens with one attached hydrogen (secondary N) is 2. The minimum absolute atomic E-state index is 0.181. The van der Waals surface area contributed by atoms with Crippen LogP contribution in [0.25, 0.3) is 5.69 Å². The summed E-state index contributed by atoms with van der Waals surface area (Å²) in [7, 11) is 1.60. The van der Waals surface area contributed by atoms with Crippen LogP contribution in [0.2, 0.25) is 0 Å². The highest BCUT2D eigenvalue weighted by Crippen LogP contribution is 2.27. The number of aromatic nitrogens is 2. The monoisotopic (exact) mass is 501 g/mol. The first-order valence-electron chi connectivity index (χ1n) is 12.2. The molecule has 0 unspecified atom stereocenters. The van der Waals surface area contributed by atoms with E-state index in [1.165, 1.54) is 4.90 Å². The van der Waals surface area contributed by atoms with Gasteiger partial charge >= 0.3 is 12.0 Å². The Morgan fingerprint density at radius 1 is 1.14 bits per heavy atom. The van der Waals surface area contributed by atoms with E-state index in [1.54, 1.807) is 18.7 Å². The number of methoxy groups -OCH3 is 1. The number of hydrogen-bond acceptors (Lipinski definition) is 6. The normalized spacial score (nSPS) is 11.2. The van der Waals surface area contributed by atoms with Gasteiger partial charge in [0.1, 0.15) is 24.7 Å². The number of esters is 1. The molecule has 10 nitrogen and oxygen atoms in total. The molecule has 2 aromatic rings. The van der Waals surface area contributed by atoms with Gasteiger partial charge in [0.2, 0.25) is 5.91 Å². The largest absolute Gasteiger partial charge is 0.497 e. The van der Waals surface area contributed by atoms with Crippen molar-refractivity contribution in [2.75, 3.05) is 38.7 Å². The van der Waals surface area contributed by atoms with E-state index in [1.807, 2.05) is 65.0 Å². The number of amides is 3. The molecule has 1 heterocycles. The summed E-state index contributed by atoms with van der Waals surface area (Å²) in [6, 6.07) is 8.68. The first-order chi connectivity index (χ1) is 16.9. The van der Waals surface area contributed by atoms with Crippen molar-refractivity contribution < 1.29 is 23.9 Å². The maximum atomic E-state index is 13.1. The third-order valence-corrected chi connectivity index (χ3v) is 5.35. The molecule has 1 aromatic heterocycles. The number of hydrogen-bond donors (Lipinski definition) is 2. The topological polar surface area (TPSA) is 115 Å². The Labute approximate surface area is 213 Å². The lowest BCUT2D eigenvalue weighted by Gasteiger charge is -2.23. The molecule has 36 heavy (non-hydrogen) atoms. The Bertz CT molecular complexity index is 1020. The molecule has 0 saturated carbocycles. The fourth-order valence-corrected chi connectivity index (χ4v) is 3.25. The summed E-state index contributed by atoms with van der Waals surface area (Å²) >= 11 is 0. The molecule has 0 spiro atoms. The molecule has 0 bridgehead atoms. The van der Waals surface area contributed by atoms with Crippen molar-refractivity contribution in [3.05, 3.63) is 36.0 Å². The van der Waals surface area contributed by atoms with Gasteiger partial charge in [-0.1, -0.05) is 34.6 Å². The van der Waals surface area contributed by atoms with Crippen molar-refractivity contribution >= 4 is 23.7 Å². The lowest BCUT2D eigenvalue weighted by Crippen LogP contribution is -2.46. The number of nitrogens with zero attached hydrogens (tertiary/aromatic N) is 3. The fourth-order valence-electron chi connectivity index (χ4n) is 3.25. The molecule has 3 amide bonds.